The number of H-pyrrole nitrogens is 1. The van der Waals surface area contributed by atoms with Crippen LogP contribution in [0.2, 0.25) is 0 Å². The Hall–Kier alpha value is -2.17. The van der Waals surface area contributed by atoms with Crippen molar-refractivity contribution in [2.45, 2.75) is 6.36 Å². The summed E-state index contributed by atoms with van der Waals surface area (Å²) in [7, 11) is 0. The highest BCUT2D eigenvalue weighted by Gasteiger charge is 2.34. The van der Waals surface area contributed by atoms with E-state index in [9.17, 15) is 18.0 Å². The molecule has 8 heteroatoms. The van der Waals surface area contributed by atoms with Crippen LogP contribution in [0.5, 0.6) is 11.5 Å². The lowest BCUT2D eigenvalue weighted by atomic mass is 10.2. The molecule has 2 N–H and O–H groups in total. The number of hydrogen-bond donors (Lipinski definition) is 2. The second-order valence-electron chi connectivity index (χ2n) is 2.37. The van der Waals surface area contributed by atoms with Gasteiger partial charge in [-0.1, -0.05) is 0 Å². The number of alkyl halides is 3. The molecule has 0 spiro atoms. The van der Waals surface area contributed by atoms with Crippen molar-refractivity contribution in [2.75, 3.05) is 0 Å². The monoisotopic (exact) mass is 220 g/mol. The number of nitrogens with one attached hydrogen (secondary N) is 1. The van der Waals surface area contributed by atoms with Crippen molar-refractivity contribution < 1.29 is 23.0 Å². The molecule has 1 heterocycles. The Morgan fingerprint density at radius 3 is 2.60 bits per heavy atom. The van der Waals surface area contributed by atoms with Crippen LogP contribution in [0.25, 0.3) is 0 Å². The molecule has 1 rings (SSSR count). The molecule has 0 amide bonds. The van der Waals surface area contributed by atoms with Gasteiger partial charge in [0.05, 0.1) is 0 Å². The normalized spacial score (nSPS) is 10.8. The van der Waals surface area contributed by atoms with Crippen molar-refractivity contribution in [3.8, 4) is 17.6 Å². The van der Waals surface area contributed by atoms with Gasteiger partial charge in [-0.15, -0.1) is 13.2 Å². The minimum absolute atomic E-state index is 0.699. The van der Waals surface area contributed by atoms with E-state index in [1.165, 1.54) is 6.07 Å². The average Bonchev–Trinajstić information content (AvgIpc) is 2.10. The van der Waals surface area contributed by atoms with Gasteiger partial charge in [-0.3, -0.25) is 4.79 Å². The molecule has 0 saturated carbocycles. The standard InChI is InChI=1S/C7H3F3N2O3/c8-7(9,10)15-5-3(1-11)4(13)2-12-6(5)14/h2,13H,(H,12,14). The molecular weight excluding hydrogens is 217 g/mol. The van der Waals surface area contributed by atoms with E-state index in [4.69, 9.17) is 10.4 Å². The van der Waals surface area contributed by atoms with Crippen LogP contribution in [0.1, 0.15) is 5.56 Å². The minimum Gasteiger partial charge on any atom is -0.505 e. The summed E-state index contributed by atoms with van der Waals surface area (Å²) in [5.74, 6) is -2.07. The molecule has 0 bridgehead atoms. The first-order chi connectivity index (χ1) is 6.85. The molecule has 5 nitrogen and oxygen atoms in total. The second kappa shape index (κ2) is 3.53. The Morgan fingerprint density at radius 2 is 2.13 bits per heavy atom. The Labute approximate surface area is 80.3 Å². The van der Waals surface area contributed by atoms with Crippen LogP contribution in [-0.2, 0) is 0 Å². The highest BCUT2D eigenvalue weighted by molar-refractivity contribution is 5.49. The quantitative estimate of drug-likeness (QED) is 0.734. The molecule has 0 radical (unpaired) electrons. The van der Waals surface area contributed by atoms with Gasteiger partial charge < -0.3 is 14.8 Å². The second-order valence-corrected chi connectivity index (χ2v) is 2.37. The number of aromatic amines is 1. The lowest BCUT2D eigenvalue weighted by Gasteiger charge is -2.09. The third kappa shape index (κ3) is 2.40. The van der Waals surface area contributed by atoms with E-state index in [0.717, 1.165) is 0 Å². The summed E-state index contributed by atoms with van der Waals surface area (Å²) in [6.45, 7) is 0. The van der Waals surface area contributed by atoms with E-state index in [1.807, 2.05) is 0 Å². The Bertz CT molecular complexity index is 472. The summed E-state index contributed by atoms with van der Waals surface area (Å²) < 4.78 is 38.7. The van der Waals surface area contributed by atoms with Crippen molar-refractivity contribution in [3.63, 3.8) is 0 Å². The number of hydrogen-bond acceptors (Lipinski definition) is 4. The molecule has 0 aliphatic carbocycles. The third-order valence-electron chi connectivity index (χ3n) is 1.36. The predicted octanol–water partition coefficient (Wildman–Crippen LogP) is 0.851. The zero-order valence-electron chi connectivity index (χ0n) is 6.92. The molecule has 0 aromatic carbocycles. The molecule has 1 aromatic heterocycles. The fourth-order valence-corrected chi connectivity index (χ4v) is 0.823. The molecule has 0 fully saturated rings. The number of ether oxygens (including phenoxy) is 1. The van der Waals surface area contributed by atoms with Crippen LogP contribution < -0.4 is 10.3 Å². The van der Waals surface area contributed by atoms with E-state index in [0.29, 0.717) is 6.20 Å². The van der Waals surface area contributed by atoms with E-state index in [2.05, 4.69) is 4.74 Å². The Kier molecular flexibility index (Phi) is 2.57. The molecule has 0 aliphatic rings. The van der Waals surface area contributed by atoms with Crippen LogP contribution >= 0.6 is 0 Å². The number of pyridine rings is 1. The van der Waals surface area contributed by atoms with Crippen molar-refractivity contribution in [1.82, 2.24) is 4.98 Å². The maximum absolute atomic E-state index is 11.8. The summed E-state index contributed by atoms with van der Waals surface area (Å²) in [6.07, 6.45) is -4.41. The van der Waals surface area contributed by atoms with Crippen LogP contribution in [0.15, 0.2) is 11.0 Å². The minimum atomic E-state index is -5.10. The summed E-state index contributed by atoms with van der Waals surface area (Å²) >= 11 is 0. The number of aromatic nitrogens is 1. The molecule has 0 aliphatic heterocycles. The molecule has 0 atom stereocenters. The summed E-state index contributed by atoms with van der Waals surface area (Å²) in [5, 5.41) is 17.4. The van der Waals surface area contributed by atoms with Crippen molar-refractivity contribution in [3.05, 3.63) is 22.1 Å². The number of aromatic hydroxyl groups is 1. The summed E-state index contributed by atoms with van der Waals surface area (Å²) in [6, 6.07) is 1.23. The molecule has 0 saturated heterocycles. The zero-order chi connectivity index (χ0) is 11.6. The van der Waals surface area contributed by atoms with Gasteiger partial charge in [0.25, 0.3) is 5.56 Å². The first-order valence-corrected chi connectivity index (χ1v) is 3.45. The van der Waals surface area contributed by atoms with Gasteiger partial charge >= 0.3 is 6.36 Å². The van der Waals surface area contributed by atoms with Crippen LogP contribution in [-0.4, -0.2) is 16.5 Å². The summed E-state index contributed by atoms with van der Waals surface area (Å²) in [4.78, 5) is 12.7. The first-order valence-electron chi connectivity index (χ1n) is 3.45. The SMILES string of the molecule is N#Cc1c(O)c[nH]c(=O)c1OC(F)(F)F. The van der Waals surface area contributed by atoms with Gasteiger partial charge in [0.1, 0.15) is 11.6 Å². The van der Waals surface area contributed by atoms with Gasteiger partial charge in [0.2, 0.25) is 5.75 Å². The van der Waals surface area contributed by atoms with Gasteiger partial charge in [-0.2, -0.15) is 5.26 Å². The predicted molar refractivity (Wildman–Crippen MR) is 40.1 cm³/mol. The maximum atomic E-state index is 11.8. The molecule has 15 heavy (non-hydrogen) atoms. The molecule has 1 aromatic rings. The van der Waals surface area contributed by atoms with Gasteiger partial charge in [-0.25, -0.2) is 0 Å². The van der Waals surface area contributed by atoms with E-state index < -0.39 is 29.0 Å². The number of nitrogens with zero attached hydrogens (tertiary/aromatic N) is 1. The van der Waals surface area contributed by atoms with E-state index in [-0.39, 0.29) is 0 Å². The van der Waals surface area contributed by atoms with E-state index >= 15 is 0 Å². The van der Waals surface area contributed by atoms with Crippen LogP contribution in [0.3, 0.4) is 0 Å². The largest absolute Gasteiger partial charge is 0.573 e. The fraction of sp³-hybridized carbons (Fsp3) is 0.143. The fourth-order valence-electron chi connectivity index (χ4n) is 0.823. The van der Waals surface area contributed by atoms with Gasteiger partial charge in [0, 0.05) is 6.20 Å². The van der Waals surface area contributed by atoms with Crippen LogP contribution in [0, 0.1) is 11.3 Å². The average molecular weight is 220 g/mol. The van der Waals surface area contributed by atoms with Crippen LogP contribution in [0.4, 0.5) is 13.2 Å². The molecule has 80 valence electrons. The van der Waals surface area contributed by atoms with Crippen molar-refractivity contribution in [2.24, 2.45) is 0 Å². The van der Waals surface area contributed by atoms with Gasteiger partial charge in [-0.05, 0) is 0 Å². The Balaban J connectivity index is 3.34. The third-order valence-corrected chi connectivity index (χ3v) is 1.36. The summed E-state index contributed by atoms with van der Waals surface area (Å²) in [5.41, 5.74) is -2.11. The Morgan fingerprint density at radius 1 is 1.53 bits per heavy atom. The topological polar surface area (TPSA) is 86.1 Å². The molecular formula is C7H3F3N2O3. The van der Waals surface area contributed by atoms with Crippen molar-refractivity contribution in [1.29, 1.82) is 5.26 Å². The number of halogens is 3. The highest BCUT2D eigenvalue weighted by atomic mass is 19.4. The molecule has 0 unspecified atom stereocenters. The maximum Gasteiger partial charge on any atom is 0.573 e. The van der Waals surface area contributed by atoms with E-state index in [1.54, 1.807) is 4.98 Å². The lowest BCUT2D eigenvalue weighted by Crippen LogP contribution is -2.23. The number of rotatable bonds is 1. The zero-order valence-corrected chi connectivity index (χ0v) is 6.92. The number of nitriles is 1. The van der Waals surface area contributed by atoms with Gasteiger partial charge in [0.15, 0.2) is 5.75 Å². The van der Waals surface area contributed by atoms with Crippen molar-refractivity contribution >= 4 is 0 Å². The first kappa shape index (κ1) is 10.9. The lowest BCUT2D eigenvalue weighted by molar-refractivity contribution is -0.275. The highest BCUT2D eigenvalue weighted by Crippen LogP contribution is 2.26. The smallest absolute Gasteiger partial charge is 0.505 e.